The van der Waals surface area contributed by atoms with Crippen LogP contribution < -0.4 is 5.32 Å². The molecule has 0 spiro atoms. The summed E-state index contributed by atoms with van der Waals surface area (Å²) < 4.78 is 0. The Balaban J connectivity index is 0.00000147. The monoisotopic (exact) mass is 298 g/mol. The van der Waals surface area contributed by atoms with Crippen molar-refractivity contribution < 1.29 is 4.79 Å². The molecule has 2 N–H and O–H groups in total. The molecule has 2 heterocycles. The molecule has 1 aliphatic heterocycles. The molecule has 0 bridgehead atoms. The molecule has 1 aliphatic carbocycles. The number of amides is 1. The van der Waals surface area contributed by atoms with Gasteiger partial charge in [-0.25, -0.2) is 0 Å². The van der Waals surface area contributed by atoms with E-state index in [4.69, 9.17) is 0 Å². The fourth-order valence-electron chi connectivity index (χ4n) is 3.25. The minimum atomic E-state index is 0. The molecular weight excluding hydrogens is 276 g/mol. The molecule has 1 aromatic heterocycles. The summed E-state index contributed by atoms with van der Waals surface area (Å²) in [5.74, 6) is 0.745. The van der Waals surface area contributed by atoms with Crippen molar-refractivity contribution in [2.45, 2.75) is 38.6 Å². The number of hydrogen-bond acceptors (Lipinski definition) is 3. The minimum absolute atomic E-state index is 0. The number of aromatic amines is 1. The predicted octanol–water partition coefficient (Wildman–Crippen LogP) is 1.74. The van der Waals surface area contributed by atoms with Crippen LogP contribution in [0.2, 0.25) is 0 Å². The maximum Gasteiger partial charge on any atom is 0.274 e. The number of carbonyl (C=O) groups is 1. The third-order valence-electron chi connectivity index (χ3n) is 4.36. The Kier molecular flexibility index (Phi) is 5.05. The molecule has 2 aliphatic rings. The Hall–Kier alpha value is -1.07. The van der Waals surface area contributed by atoms with Gasteiger partial charge in [0.2, 0.25) is 0 Å². The van der Waals surface area contributed by atoms with Crippen LogP contribution in [0.1, 0.15) is 47.4 Å². The number of hydrogen-bond donors (Lipinski definition) is 2. The number of nitrogens with zero attached hydrogens (tertiary/aromatic N) is 2. The zero-order valence-corrected chi connectivity index (χ0v) is 12.8. The van der Waals surface area contributed by atoms with Crippen LogP contribution in [0.3, 0.4) is 0 Å². The van der Waals surface area contributed by atoms with Crippen molar-refractivity contribution in [2.75, 3.05) is 20.1 Å². The second kappa shape index (κ2) is 6.59. The summed E-state index contributed by atoms with van der Waals surface area (Å²) >= 11 is 0. The SMILES string of the molecule is CN(CC1CCCC1)C(=O)c1n[nH]c2c1CNCC2.Cl. The van der Waals surface area contributed by atoms with E-state index in [1.807, 2.05) is 11.9 Å². The third-order valence-corrected chi connectivity index (χ3v) is 4.36. The van der Waals surface area contributed by atoms with Gasteiger partial charge in [0.1, 0.15) is 0 Å². The smallest absolute Gasteiger partial charge is 0.274 e. The van der Waals surface area contributed by atoms with Crippen LogP contribution in [-0.4, -0.2) is 41.1 Å². The largest absolute Gasteiger partial charge is 0.340 e. The third kappa shape index (κ3) is 2.99. The fraction of sp³-hybridized carbons (Fsp3) is 0.714. The van der Waals surface area contributed by atoms with E-state index in [0.29, 0.717) is 11.6 Å². The van der Waals surface area contributed by atoms with Crippen molar-refractivity contribution in [2.24, 2.45) is 5.92 Å². The molecule has 112 valence electrons. The molecule has 0 saturated heterocycles. The Morgan fingerprint density at radius 2 is 2.15 bits per heavy atom. The Morgan fingerprint density at radius 1 is 1.40 bits per heavy atom. The number of halogens is 1. The van der Waals surface area contributed by atoms with Crippen molar-refractivity contribution in [1.82, 2.24) is 20.4 Å². The van der Waals surface area contributed by atoms with Gasteiger partial charge in [0, 0.05) is 44.4 Å². The average molecular weight is 299 g/mol. The lowest BCUT2D eigenvalue weighted by Crippen LogP contribution is -2.33. The topological polar surface area (TPSA) is 61.0 Å². The van der Waals surface area contributed by atoms with Crippen LogP contribution >= 0.6 is 12.4 Å². The fourth-order valence-corrected chi connectivity index (χ4v) is 3.25. The predicted molar refractivity (Wildman–Crippen MR) is 80.2 cm³/mol. The molecular formula is C14H23ClN4O. The normalized spacial score (nSPS) is 18.4. The van der Waals surface area contributed by atoms with Crippen LogP contribution in [0.15, 0.2) is 0 Å². The van der Waals surface area contributed by atoms with E-state index in [9.17, 15) is 4.79 Å². The summed E-state index contributed by atoms with van der Waals surface area (Å²) in [7, 11) is 1.90. The summed E-state index contributed by atoms with van der Waals surface area (Å²) in [6.07, 6.45) is 6.08. The molecule has 1 saturated carbocycles. The van der Waals surface area contributed by atoms with Crippen LogP contribution in [0.4, 0.5) is 0 Å². The van der Waals surface area contributed by atoms with Gasteiger partial charge in [-0.05, 0) is 18.8 Å². The lowest BCUT2D eigenvalue weighted by Gasteiger charge is -2.21. The molecule has 0 unspecified atom stereocenters. The lowest BCUT2D eigenvalue weighted by molar-refractivity contribution is 0.0766. The highest BCUT2D eigenvalue weighted by atomic mass is 35.5. The summed E-state index contributed by atoms with van der Waals surface area (Å²) in [6.45, 7) is 2.58. The molecule has 1 aromatic rings. The van der Waals surface area contributed by atoms with E-state index in [1.165, 1.54) is 25.7 Å². The zero-order chi connectivity index (χ0) is 13.2. The van der Waals surface area contributed by atoms with Crippen molar-refractivity contribution in [3.8, 4) is 0 Å². The first kappa shape index (κ1) is 15.3. The second-order valence-corrected chi connectivity index (χ2v) is 5.79. The number of carbonyl (C=O) groups excluding carboxylic acids is 1. The molecule has 5 nitrogen and oxygen atoms in total. The standard InChI is InChI=1S/C14H22N4O.ClH/c1-18(9-10-4-2-3-5-10)14(19)13-11-8-15-7-6-12(11)16-17-13;/h10,15H,2-9H2,1H3,(H,16,17);1H. The van der Waals surface area contributed by atoms with Crippen LogP contribution in [0.5, 0.6) is 0 Å². The molecule has 1 fully saturated rings. The Labute approximate surface area is 125 Å². The summed E-state index contributed by atoms with van der Waals surface area (Å²) in [5, 5.41) is 10.6. The van der Waals surface area contributed by atoms with Gasteiger partial charge in [-0.3, -0.25) is 9.89 Å². The first-order valence-corrected chi connectivity index (χ1v) is 7.28. The number of fused-ring (bicyclic) bond motifs is 1. The molecule has 0 aromatic carbocycles. The maximum absolute atomic E-state index is 12.5. The van der Waals surface area contributed by atoms with Gasteiger partial charge in [0.05, 0.1) is 0 Å². The maximum atomic E-state index is 12.5. The highest BCUT2D eigenvalue weighted by molar-refractivity contribution is 5.93. The van der Waals surface area contributed by atoms with Gasteiger partial charge >= 0.3 is 0 Å². The first-order valence-electron chi connectivity index (χ1n) is 7.28. The van der Waals surface area contributed by atoms with Crippen molar-refractivity contribution in [3.63, 3.8) is 0 Å². The molecule has 0 atom stereocenters. The zero-order valence-electron chi connectivity index (χ0n) is 11.9. The Bertz CT molecular complexity index is 468. The first-order chi connectivity index (χ1) is 9.25. The average Bonchev–Trinajstić information content (AvgIpc) is 3.06. The van der Waals surface area contributed by atoms with Crippen LogP contribution in [0, 0.1) is 5.92 Å². The highest BCUT2D eigenvalue weighted by Crippen LogP contribution is 2.26. The minimum Gasteiger partial charge on any atom is -0.340 e. The second-order valence-electron chi connectivity index (χ2n) is 5.79. The van der Waals surface area contributed by atoms with Crippen molar-refractivity contribution >= 4 is 18.3 Å². The molecule has 3 rings (SSSR count). The van der Waals surface area contributed by atoms with Crippen molar-refractivity contribution in [3.05, 3.63) is 17.0 Å². The van der Waals surface area contributed by atoms with E-state index >= 15 is 0 Å². The van der Waals surface area contributed by atoms with Gasteiger partial charge in [-0.15, -0.1) is 12.4 Å². The number of H-pyrrole nitrogens is 1. The molecule has 6 heteroatoms. The van der Waals surface area contributed by atoms with Gasteiger partial charge in [0.25, 0.3) is 5.91 Å². The van der Waals surface area contributed by atoms with E-state index in [0.717, 1.165) is 37.3 Å². The number of rotatable bonds is 3. The van der Waals surface area contributed by atoms with Crippen LogP contribution in [0.25, 0.3) is 0 Å². The molecule has 1 amide bonds. The van der Waals surface area contributed by atoms with Gasteiger partial charge in [-0.2, -0.15) is 5.10 Å². The van der Waals surface area contributed by atoms with Gasteiger partial charge < -0.3 is 10.2 Å². The van der Waals surface area contributed by atoms with Gasteiger partial charge in [-0.1, -0.05) is 12.8 Å². The molecule has 20 heavy (non-hydrogen) atoms. The highest BCUT2D eigenvalue weighted by Gasteiger charge is 2.26. The summed E-state index contributed by atoms with van der Waals surface area (Å²) in [5.41, 5.74) is 2.80. The lowest BCUT2D eigenvalue weighted by atomic mass is 10.1. The number of nitrogens with one attached hydrogen (secondary N) is 2. The van der Waals surface area contributed by atoms with Crippen LogP contribution in [-0.2, 0) is 13.0 Å². The number of aromatic nitrogens is 2. The Morgan fingerprint density at radius 3 is 2.90 bits per heavy atom. The van der Waals surface area contributed by atoms with E-state index in [-0.39, 0.29) is 18.3 Å². The quantitative estimate of drug-likeness (QED) is 0.893. The molecule has 0 radical (unpaired) electrons. The van der Waals surface area contributed by atoms with Crippen molar-refractivity contribution in [1.29, 1.82) is 0 Å². The summed E-state index contributed by atoms with van der Waals surface area (Å²) in [4.78, 5) is 14.3. The van der Waals surface area contributed by atoms with E-state index in [1.54, 1.807) is 0 Å². The van der Waals surface area contributed by atoms with Gasteiger partial charge in [0.15, 0.2) is 5.69 Å². The summed E-state index contributed by atoms with van der Waals surface area (Å²) in [6, 6.07) is 0. The van der Waals surface area contributed by atoms with E-state index in [2.05, 4.69) is 15.5 Å². The van der Waals surface area contributed by atoms with E-state index < -0.39 is 0 Å².